The van der Waals surface area contributed by atoms with Crippen LogP contribution in [0, 0.1) is 20.8 Å². The second-order valence-electron chi connectivity index (χ2n) is 7.28. The number of nitrogens with one attached hydrogen (secondary N) is 2. The normalized spacial score (nSPS) is 11.4. The molecule has 0 saturated heterocycles. The van der Waals surface area contributed by atoms with Crippen molar-refractivity contribution in [1.29, 1.82) is 0 Å². The van der Waals surface area contributed by atoms with Crippen LogP contribution in [0.4, 0.5) is 11.5 Å². The van der Waals surface area contributed by atoms with Crippen LogP contribution in [0.2, 0.25) is 0 Å². The Morgan fingerprint density at radius 3 is 2.61 bits per heavy atom. The molecule has 2 N–H and O–H groups in total. The lowest BCUT2D eigenvalue weighted by Crippen LogP contribution is -2.00. The molecule has 5 aromatic rings. The van der Waals surface area contributed by atoms with Crippen LogP contribution in [0.25, 0.3) is 27.9 Å². The van der Waals surface area contributed by atoms with E-state index in [4.69, 9.17) is 5.10 Å². The molecule has 0 unspecified atom stereocenters. The fraction of sp³-hybridized carbons (Fsp3) is 0.130. The fourth-order valence-corrected chi connectivity index (χ4v) is 3.54. The first-order valence-corrected chi connectivity index (χ1v) is 9.36. The minimum absolute atomic E-state index is 0.780. The Balaban J connectivity index is 1.57. The van der Waals surface area contributed by atoms with Crippen molar-refractivity contribution in [2.45, 2.75) is 20.8 Å². The third-order valence-electron chi connectivity index (χ3n) is 5.28. The number of aryl methyl sites for hydroxylation is 3. The van der Waals surface area contributed by atoms with Crippen LogP contribution < -0.4 is 5.32 Å². The highest BCUT2D eigenvalue weighted by atomic mass is 15.3. The summed E-state index contributed by atoms with van der Waals surface area (Å²) in [7, 11) is 0. The highest BCUT2D eigenvalue weighted by Crippen LogP contribution is 2.27. The highest BCUT2D eigenvalue weighted by molar-refractivity contribution is 5.87. The van der Waals surface area contributed by atoms with Crippen molar-refractivity contribution in [3.8, 4) is 11.4 Å². The lowest BCUT2D eigenvalue weighted by atomic mass is 10.1. The van der Waals surface area contributed by atoms with Gasteiger partial charge in [0, 0.05) is 16.6 Å². The van der Waals surface area contributed by atoms with E-state index in [1.165, 1.54) is 22.1 Å². The number of rotatable bonds is 3. The molecule has 0 aliphatic rings. The first-order chi connectivity index (χ1) is 13.6. The van der Waals surface area contributed by atoms with Gasteiger partial charge in [-0.05, 0) is 67.8 Å². The molecule has 0 aliphatic heterocycles. The van der Waals surface area contributed by atoms with Gasteiger partial charge in [0.25, 0.3) is 0 Å². The second-order valence-corrected chi connectivity index (χ2v) is 7.28. The summed E-state index contributed by atoms with van der Waals surface area (Å²) in [5, 5.41) is 9.36. The molecule has 0 radical (unpaired) electrons. The molecule has 0 amide bonds. The van der Waals surface area contributed by atoms with Gasteiger partial charge in [-0.25, -0.2) is 9.50 Å². The summed E-state index contributed by atoms with van der Waals surface area (Å²) < 4.78 is 1.88. The van der Waals surface area contributed by atoms with Crippen molar-refractivity contribution in [2.75, 3.05) is 5.32 Å². The number of hydrogen-bond acceptors (Lipinski definition) is 3. The number of aromatic nitrogens is 4. The number of imidazole rings is 1. The molecule has 0 aliphatic carbocycles. The van der Waals surface area contributed by atoms with E-state index in [-0.39, 0.29) is 0 Å². The van der Waals surface area contributed by atoms with Crippen LogP contribution in [0.15, 0.2) is 60.8 Å². The first-order valence-electron chi connectivity index (χ1n) is 9.36. The molecule has 28 heavy (non-hydrogen) atoms. The summed E-state index contributed by atoms with van der Waals surface area (Å²) in [6.07, 6.45) is 1.86. The summed E-state index contributed by atoms with van der Waals surface area (Å²) in [6.45, 7) is 6.34. The predicted octanol–water partition coefficient (Wildman–Crippen LogP) is 5.55. The van der Waals surface area contributed by atoms with Gasteiger partial charge >= 0.3 is 0 Å². The number of H-pyrrole nitrogens is 1. The maximum atomic E-state index is 4.77. The van der Waals surface area contributed by atoms with Crippen LogP contribution in [0.1, 0.15) is 16.7 Å². The molecule has 0 saturated carbocycles. The minimum Gasteiger partial charge on any atom is -0.353 e. The van der Waals surface area contributed by atoms with Crippen molar-refractivity contribution < 1.29 is 0 Å². The van der Waals surface area contributed by atoms with Crippen LogP contribution in [-0.4, -0.2) is 19.6 Å². The molecule has 0 bridgehead atoms. The zero-order valence-electron chi connectivity index (χ0n) is 16.1. The zero-order chi connectivity index (χ0) is 19.3. The second kappa shape index (κ2) is 6.23. The zero-order valence-corrected chi connectivity index (χ0v) is 16.1. The smallest absolute Gasteiger partial charge is 0.154 e. The monoisotopic (exact) mass is 367 g/mol. The van der Waals surface area contributed by atoms with Gasteiger partial charge in [0.05, 0.1) is 11.9 Å². The third-order valence-corrected chi connectivity index (χ3v) is 5.28. The van der Waals surface area contributed by atoms with Gasteiger partial charge in [-0.3, -0.25) is 0 Å². The van der Waals surface area contributed by atoms with E-state index < -0.39 is 0 Å². The van der Waals surface area contributed by atoms with Gasteiger partial charge < -0.3 is 10.3 Å². The number of anilines is 2. The molecule has 2 aromatic carbocycles. The molecule has 5 heteroatoms. The van der Waals surface area contributed by atoms with E-state index >= 15 is 0 Å². The molecule has 5 rings (SSSR count). The summed E-state index contributed by atoms with van der Waals surface area (Å²) in [4.78, 5) is 8.03. The largest absolute Gasteiger partial charge is 0.353 e. The molecule has 0 atom stereocenters. The fourth-order valence-electron chi connectivity index (χ4n) is 3.54. The Bertz CT molecular complexity index is 1330. The molecular weight excluding hydrogens is 346 g/mol. The van der Waals surface area contributed by atoms with Crippen molar-refractivity contribution in [3.63, 3.8) is 0 Å². The average Bonchev–Trinajstić information content (AvgIpc) is 3.29. The molecule has 3 aromatic heterocycles. The Morgan fingerprint density at radius 2 is 1.79 bits per heavy atom. The number of para-hydroxylation sites is 1. The first kappa shape index (κ1) is 16.6. The van der Waals surface area contributed by atoms with Gasteiger partial charge in [-0.1, -0.05) is 24.3 Å². The van der Waals surface area contributed by atoms with Crippen molar-refractivity contribution in [3.05, 3.63) is 77.5 Å². The standard InChI is InChI=1S/C23H21N5/c1-14-7-8-18(11-16(14)3)25-21-9-10-22-24-13-20(28(22)27-21)19-12-17-6-4-5-15(2)23(17)26-19/h4-13,26H,1-3H3,(H,25,27). The third kappa shape index (κ3) is 2.72. The summed E-state index contributed by atoms with van der Waals surface area (Å²) in [5.74, 6) is 0.780. The average molecular weight is 367 g/mol. The minimum atomic E-state index is 0.780. The Labute approximate surface area is 163 Å². The molecule has 0 spiro atoms. The molecular formula is C23H21N5. The molecule has 0 fully saturated rings. The number of benzene rings is 2. The van der Waals surface area contributed by atoms with E-state index in [1.807, 2.05) is 22.8 Å². The quantitative estimate of drug-likeness (QED) is 0.440. The van der Waals surface area contributed by atoms with Crippen LogP contribution in [0.5, 0.6) is 0 Å². The van der Waals surface area contributed by atoms with E-state index in [0.29, 0.717) is 0 Å². The van der Waals surface area contributed by atoms with Crippen molar-refractivity contribution in [2.24, 2.45) is 0 Å². The lowest BCUT2D eigenvalue weighted by molar-refractivity contribution is 0.945. The Kier molecular flexibility index (Phi) is 3.69. The van der Waals surface area contributed by atoms with Crippen LogP contribution in [-0.2, 0) is 0 Å². The topological polar surface area (TPSA) is 58.0 Å². The van der Waals surface area contributed by atoms with Gasteiger partial charge in [0.1, 0.15) is 5.69 Å². The summed E-state index contributed by atoms with van der Waals surface area (Å²) in [6, 6.07) is 18.7. The van der Waals surface area contributed by atoms with Crippen LogP contribution in [0.3, 0.4) is 0 Å². The number of aromatic amines is 1. The van der Waals surface area contributed by atoms with Gasteiger partial charge in [0.15, 0.2) is 11.5 Å². The molecule has 138 valence electrons. The number of nitrogens with zero attached hydrogens (tertiary/aromatic N) is 3. The number of hydrogen-bond donors (Lipinski definition) is 2. The molecule has 5 nitrogen and oxygen atoms in total. The lowest BCUT2D eigenvalue weighted by Gasteiger charge is -2.09. The maximum Gasteiger partial charge on any atom is 0.154 e. The van der Waals surface area contributed by atoms with E-state index in [9.17, 15) is 0 Å². The summed E-state index contributed by atoms with van der Waals surface area (Å²) >= 11 is 0. The van der Waals surface area contributed by atoms with E-state index in [1.54, 1.807) is 0 Å². The van der Waals surface area contributed by atoms with Gasteiger partial charge in [0.2, 0.25) is 0 Å². The predicted molar refractivity (Wildman–Crippen MR) is 114 cm³/mol. The SMILES string of the molecule is Cc1ccc(Nc2ccc3ncc(-c4cc5cccc(C)c5[nH]4)n3n2)cc1C. The van der Waals surface area contributed by atoms with E-state index in [0.717, 1.165) is 34.1 Å². The van der Waals surface area contributed by atoms with Crippen LogP contribution >= 0.6 is 0 Å². The molecule has 3 heterocycles. The van der Waals surface area contributed by atoms with E-state index in [2.05, 4.69) is 78.5 Å². The van der Waals surface area contributed by atoms with Crippen molar-refractivity contribution >= 4 is 28.1 Å². The Morgan fingerprint density at radius 1 is 0.893 bits per heavy atom. The maximum absolute atomic E-state index is 4.77. The van der Waals surface area contributed by atoms with Crippen molar-refractivity contribution in [1.82, 2.24) is 19.6 Å². The highest BCUT2D eigenvalue weighted by Gasteiger charge is 2.12. The Hall–Kier alpha value is -3.60. The van der Waals surface area contributed by atoms with Gasteiger partial charge in [-0.2, -0.15) is 0 Å². The summed E-state index contributed by atoms with van der Waals surface area (Å²) in [5.41, 5.74) is 8.69. The number of fused-ring (bicyclic) bond motifs is 2. The van der Waals surface area contributed by atoms with Gasteiger partial charge in [-0.15, -0.1) is 5.10 Å².